The molecule has 31 heavy (non-hydrogen) atoms. The second-order valence-corrected chi connectivity index (χ2v) is 8.73. The third-order valence-corrected chi connectivity index (χ3v) is 6.43. The van der Waals surface area contributed by atoms with Gasteiger partial charge in [0.25, 0.3) is 5.91 Å². The molecule has 0 aliphatic heterocycles. The molecule has 2 N–H and O–H groups in total. The molecule has 0 fully saturated rings. The maximum Gasteiger partial charge on any atom is 0.335 e. The highest BCUT2D eigenvalue weighted by atomic mass is 31.2. The molecule has 1 amide bonds. The normalized spacial score (nSPS) is 12.0. The van der Waals surface area contributed by atoms with Gasteiger partial charge in [-0.15, -0.1) is 0 Å². The van der Waals surface area contributed by atoms with E-state index in [9.17, 15) is 19.3 Å². The quantitative estimate of drug-likeness (QED) is 0.506. The summed E-state index contributed by atoms with van der Waals surface area (Å²) in [6.45, 7) is 3.98. The Morgan fingerprint density at radius 3 is 2.06 bits per heavy atom. The Kier molecular flexibility index (Phi) is 8.95. The fraction of sp³-hybridized carbons (Fsp3) is 0.318. The molecule has 2 aromatic carbocycles. The predicted octanol–water partition coefficient (Wildman–Crippen LogP) is 3.75. The molecule has 2 rings (SSSR count). The molecular formula is C22H25N2O6P. The van der Waals surface area contributed by atoms with E-state index in [0.29, 0.717) is 16.7 Å². The number of hydrogen-bond acceptors (Lipinski definition) is 6. The van der Waals surface area contributed by atoms with E-state index < -0.39 is 25.5 Å². The Bertz CT molecular complexity index is 973. The number of nitrogens with one attached hydrogen (secondary N) is 1. The van der Waals surface area contributed by atoms with Gasteiger partial charge >= 0.3 is 13.6 Å². The minimum Gasteiger partial charge on any atom is -0.480 e. The second kappa shape index (κ2) is 11.4. The summed E-state index contributed by atoms with van der Waals surface area (Å²) >= 11 is 0. The summed E-state index contributed by atoms with van der Waals surface area (Å²) in [6.07, 6.45) is 0.157. The number of carbonyl (C=O) groups is 2. The molecule has 0 saturated heterocycles. The van der Waals surface area contributed by atoms with Crippen LogP contribution in [0.15, 0.2) is 48.5 Å². The van der Waals surface area contributed by atoms with Crippen LogP contribution in [0.5, 0.6) is 0 Å². The van der Waals surface area contributed by atoms with Crippen LogP contribution in [0.1, 0.15) is 40.9 Å². The highest BCUT2D eigenvalue weighted by Gasteiger charge is 2.25. The van der Waals surface area contributed by atoms with Gasteiger partial charge in [0.15, 0.2) is 0 Å². The van der Waals surface area contributed by atoms with E-state index in [-0.39, 0.29) is 31.4 Å². The third-order valence-electron chi connectivity index (χ3n) is 4.37. The lowest BCUT2D eigenvalue weighted by Gasteiger charge is -2.17. The Labute approximate surface area is 181 Å². The number of carboxylic acids is 1. The average molecular weight is 444 g/mol. The van der Waals surface area contributed by atoms with Crippen LogP contribution in [0.2, 0.25) is 0 Å². The number of amides is 1. The van der Waals surface area contributed by atoms with Crippen molar-refractivity contribution in [2.75, 3.05) is 13.2 Å². The molecule has 2 aromatic rings. The molecule has 1 atom stereocenters. The molecule has 0 unspecified atom stereocenters. The largest absolute Gasteiger partial charge is 0.480 e. The summed E-state index contributed by atoms with van der Waals surface area (Å²) in [5.41, 5.74) is 2.11. The molecular weight excluding hydrogens is 419 g/mol. The zero-order valence-corrected chi connectivity index (χ0v) is 18.3. The van der Waals surface area contributed by atoms with Crippen LogP contribution >= 0.6 is 7.60 Å². The fourth-order valence-electron chi connectivity index (χ4n) is 2.90. The number of nitriles is 1. The smallest absolute Gasteiger partial charge is 0.335 e. The van der Waals surface area contributed by atoms with Crippen molar-refractivity contribution in [2.24, 2.45) is 0 Å². The third kappa shape index (κ3) is 7.34. The summed E-state index contributed by atoms with van der Waals surface area (Å²) < 4.78 is 23.2. The van der Waals surface area contributed by atoms with E-state index in [1.54, 1.807) is 50.2 Å². The van der Waals surface area contributed by atoms with Gasteiger partial charge in [0.2, 0.25) is 0 Å². The molecule has 0 aromatic heterocycles. The monoisotopic (exact) mass is 444 g/mol. The molecule has 164 valence electrons. The van der Waals surface area contributed by atoms with Crippen molar-refractivity contribution < 1.29 is 28.3 Å². The first kappa shape index (κ1) is 24.3. The van der Waals surface area contributed by atoms with Crippen molar-refractivity contribution in [3.63, 3.8) is 0 Å². The summed E-state index contributed by atoms with van der Waals surface area (Å²) in [5, 5.41) is 20.8. The molecule has 0 bridgehead atoms. The Morgan fingerprint density at radius 2 is 1.58 bits per heavy atom. The standard InChI is InChI=1S/C22H25N2O6P/c1-3-29-31(28,30-4-2)15-18-9-11-19(12-10-18)21(25)24-20(22(26)27)13-16-5-7-17(14-23)8-6-16/h5-12,20H,3-4,13,15H2,1-2H3,(H,24,25)(H,26,27)/t20-/m1/s1. The number of carboxylic acid groups (broad SMARTS) is 1. The zero-order valence-electron chi connectivity index (χ0n) is 17.4. The first-order valence-electron chi connectivity index (χ1n) is 9.80. The van der Waals surface area contributed by atoms with Crippen LogP contribution in [0, 0.1) is 11.3 Å². The van der Waals surface area contributed by atoms with Gasteiger partial charge in [0.1, 0.15) is 6.04 Å². The zero-order chi connectivity index (χ0) is 22.9. The maximum absolute atomic E-state index is 12.6. The first-order chi connectivity index (χ1) is 14.8. The lowest BCUT2D eigenvalue weighted by atomic mass is 10.0. The number of carbonyl (C=O) groups excluding carboxylic acids is 1. The van der Waals surface area contributed by atoms with Crippen molar-refractivity contribution in [3.05, 3.63) is 70.8 Å². The van der Waals surface area contributed by atoms with E-state index >= 15 is 0 Å². The molecule has 0 radical (unpaired) electrons. The van der Waals surface area contributed by atoms with E-state index in [4.69, 9.17) is 14.3 Å². The van der Waals surface area contributed by atoms with Gasteiger partial charge in [-0.1, -0.05) is 24.3 Å². The number of nitrogens with zero attached hydrogens (tertiary/aromatic N) is 1. The van der Waals surface area contributed by atoms with E-state index in [1.165, 1.54) is 12.1 Å². The lowest BCUT2D eigenvalue weighted by Crippen LogP contribution is -2.42. The number of aliphatic carboxylic acids is 1. The Morgan fingerprint density at radius 1 is 1.03 bits per heavy atom. The summed E-state index contributed by atoms with van der Waals surface area (Å²) in [6, 6.07) is 13.7. The van der Waals surface area contributed by atoms with Crippen molar-refractivity contribution in [2.45, 2.75) is 32.5 Å². The van der Waals surface area contributed by atoms with Gasteiger partial charge in [0.05, 0.1) is 31.0 Å². The molecule has 0 saturated carbocycles. The highest BCUT2D eigenvalue weighted by molar-refractivity contribution is 7.53. The van der Waals surface area contributed by atoms with Gasteiger partial charge < -0.3 is 19.5 Å². The average Bonchev–Trinajstić information content (AvgIpc) is 2.74. The van der Waals surface area contributed by atoms with Gasteiger partial charge in [-0.2, -0.15) is 5.26 Å². The van der Waals surface area contributed by atoms with Gasteiger partial charge in [-0.3, -0.25) is 9.36 Å². The number of benzene rings is 2. The van der Waals surface area contributed by atoms with Gasteiger partial charge in [0, 0.05) is 12.0 Å². The molecule has 0 aliphatic carbocycles. The summed E-state index contributed by atoms with van der Waals surface area (Å²) in [7, 11) is -3.26. The highest BCUT2D eigenvalue weighted by Crippen LogP contribution is 2.51. The van der Waals surface area contributed by atoms with E-state index in [0.717, 1.165) is 0 Å². The van der Waals surface area contributed by atoms with Crippen LogP contribution < -0.4 is 5.32 Å². The second-order valence-electron chi connectivity index (χ2n) is 6.68. The molecule has 9 heteroatoms. The van der Waals surface area contributed by atoms with Crippen LogP contribution in [0.4, 0.5) is 0 Å². The lowest BCUT2D eigenvalue weighted by molar-refractivity contribution is -0.139. The SMILES string of the molecule is CCOP(=O)(Cc1ccc(C(=O)N[C@H](Cc2ccc(C#N)cc2)C(=O)O)cc1)OCC. The Balaban J connectivity index is 2.06. The van der Waals surface area contributed by atoms with Gasteiger partial charge in [-0.05, 0) is 49.2 Å². The first-order valence-corrected chi connectivity index (χ1v) is 11.5. The van der Waals surface area contributed by atoms with Crippen LogP contribution in [0.25, 0.3) is 0 Å². The minimum atomic E-state index is -3.26. The molecule has 8 nitrogen and oxygen atoms in total. The van der Waals surface area contributed by atoms with E-state index in [2.05, 4.69) is 5.32 Å². The summed E-state index contributed by atoms with van der Waals surface area (Å²) in [4.78, 5) is 24.1. The van der Waals surface area contributed by atoms with Crippen molar-refractivity contribution in [3.8, 4) is 6.07 Å². The molecule has 0 spiro atoms. The fourth-order valence-corrected chi connectivity index (χ4v) is 4.60. The topological polar surface area (TPSA) is 126 Å². The van der Waals surface area contributed by atoms with Crippen LogP contribution in [-0.2, 0) is 31.0 Å². The van der Waals surface area contributed by atoms with Crippen LogP contribution in [-0.4, -0.2) is 36.2 Å². The number of rotatable bonds is 11. The minimum absolute atomic E-state index is 0.0764. The van der Waals surface area contributed by atoms with E-state index in [1.807, 2.05) is 6.07 Å². The van der Waals surface area contributed by atoms with Crippen molar-refractivity contribution in [1.82, 2.24) is 5.32 Å². The Hall–Kier alpha value is -2.98. The summed E-state index contributed by atoms with van der Waals surface area (Å²) in [5.74, 6) is -1.70. The number of hydrogen-bond donors (Lipinski definition) is 2. The van der Waals surface area contributed by atoms with Crippen molar-refractivity contribution >= 4 is 19.5 Å². The molecule has 0 aliphatic rings. The molecule has 0 heterocycles. The van der Waals surface area contributed by atoms with Gasteiger partial charge in [-0.25, -0.2) is 4.79 Å². The van der Waals surface area contributed by atoms with Crippen molar-refractivity contribution in [1.29, 1.82) is 5.26 Å². The maximum atomic E-state index is 12.6. The predicted molar refractivity (Wildman–Crippen MR) is 115 cm³/mol. The van der Waals surface area contributed by atoms with Crippen LogP contribution in [0.3, 0.4) is 0 Å².